The molecule has 0 radical (unpaired) electrons. The van der Waals surface area contributed by atoms with Crippen molar-refractivity contribution >= 4 is 11.6 Å². The number of benzene rings is 2. The van der Waals surface area contributed by atoms with Crippen LogP contribution in [0.15, 0.2) is 60.9 Å². The van der Waals surface area contributed by atoms with Gasteiger partial charge in [0.05, 0.1) is 40.2 Å². The fraction of sp³-hybridized carbons (Fsp3) is 0.357. The maximum absolute atomic E-state index is 13.2. The van der Waals surface area contributed by atoms with Crippen molar-refractivity contribution in [1.29, 1.82) is 0 Å². The summed E-state index contributed by atoms with van der Waals surface area (Å²) in [6.45, 7) is 3.78. The van der Waals surface area contributed by atoms with E-state index in [1.165, 1.54) is 21.3 Å². The molecule has 1 saturated heterocycles. The number of amides is 1. The molecular formula is C28H34N4O5. The van der Waals surface area contributed by atoms with Crippen molar-refractivity contribution in [2.24, 2.45) is 0 Å². The minimum absolute atomic E-state index is 0.0282. The van der Waals surface area contributed by atoms with Gasteiger partial charge in [0, 0.05) is 50.7 Å². The van der Waals surface area contributed by atoms with Gasteiger partial charge in [0.25, 0.3) is 5.91 Å². The highest BCUT2D eigenvalue weighted by molar-refractivity contribution is 5.95. The Morgan fingerprint density at radius 2 is 1.57 bits per heavy atom. The van der Waals surface area contributed by atoms with E-state index in [9.17, 15) is 4.79 Å². The summed E-state index contributed by atoms with van der Waals surface area (Å²) in [5, 5.41) is 3.10. The van der Waals surface area contributed by atoms with E-state index >= 15 is 0 Å². The maximum atomic E-state index is 13.2. The standard InChI is InChI=1S/C28H34N4O5/c1-34-24-10-6-5-9-22(24)31-12-14-32(15-13-31)23(20-8-7-11-29-18-20)19-30-28(33)21-16-25(35-2)27(37-4)26(17-21)36-3/h5-11,16-18,23H,12-15,19H2,1-4H3,(H,30,33). The summed E-state index contributed by atoms with van der Waals surface area (Å²) in [4.78, 5) is 22.2. The molecular weight excluding hydrogens is 472 g/mol. The number of hydrogen-bond donors (Lipinski definition) is 1. The molecule has 1 aromatic heterocycles. The third-order valence-corrected chi connectivity index (χ3v) is 6.63. The number of carbonyl (C=O) groups excluding carboxylic acids is 1. The van der Waals surface area contributed by atoms with Crippen LogP contribution in [0.5, 0.6) is 23.0 Å². The van der Waals surface area contributed by atoms with Crippen LogP contribution in [0.1, 0.15) is 22.0 Å². The van der Waals surface area contributed by atoms with E-state index in [2.05, 4.69) is 32.2 Å². The number of aromatic nitrogens is 1. The number of carbonyl (C=O) groups is 1. The van der Waals surface area contributed by atoms with Gasteiger partial charge in [-0.15, -0.1) is 0 Å². The van der Waals surface area contributed by atoms with Crippen molar-refractivity contribution < 1.29 is 23.7 Å². The van der Waals surface area contributed by atoms with Crippen LogP contribution in [-0.4, -0.2) is 77.0 Å². The lowest BCUT2D eigenvalue weighted by molar-refractivity contribution is 0.0929. The van der Waals surface area contributed by atoms with Crippen LogP contribution in [0.25, 0.3) is 0 Å². The van der Waals surface area contributed by atoms with E-state index < -0.39 is 0 Å². The lowest BCUT2D eigenvalue weighted by Gasteiger charge is -2.40. The highest BCUT2D eigenvalue weighted by atomic mass is 16.5. The van der Waals surface area contributed by atoms with E-state index in [0.717, 1.165) is 43.2 Å². The summed E-state index contributed by atoms with van der Waals surface area (Å²) >= 11 is 0. The van der Waals surface area contributed by atoms with Crippen molar-refractivity contribution in [3.05, 3.63) is 72.1 Å². The van der Waals surface area contributed by atoms with Crippen molar-refractivity contribution in [3.8, 4) is 23.0 Å². The van der Waals surface area contributed by atoms with Gasteiger partial charge in [0.15, 0.2) is 11.5 Å². The molecule has 9 heteroatoms. The number of anilines is 1. The summed E-state index contributed by atoms with van der Waals surface area (Å²) in [6.07, 6.45) is 3.62. The fourth-order valence-electron chi connectivity index (χ4n) is 4.70. The minimum Gasteiger partial charge on any atom is -0.495 e. The number of para-hydroxylation sites is 2. The molecule has 196 valence electrons. The lowest BCUT2D eigenvalue weighted by Crippen LogP contribution is -2.50. The highest BCUT2D eigenvalue weighted by Crippen LogP contribution is 2.38. The molecule has 1 fully saturated rings. The highest BCUT2D eigenvalue weighted by Gasteiger charge is 2.27. The first-order valence-corrected chi connectivity index (χ1v) is 12.2. The first-order valence-electron chi connectivity index (χ1n) is 12.2. The predicted molar refractivity (Wildman–Crippen MR) is 142 cm³/mol. The Morgan fingerprint density at radius 1 is 0.892 bits per heavy atom. The Balaban J connectivity index is 1.49. The Morgan fingerprint density at radius 3 is 2.16 bits per heavy atom. The van der Waals surface area contributed by atoms with Crippen LogP contribution >= 0.6 is 0 Å². The topological polar surface area (TPSA) is 85.4 Å². The van der Waals surface area contributed by atoms with Crippen molar-refractivity contribution in [2.45, 2.75) is 6.04 Å². The molecule has 4 rings (SSSR count). The minimum atomic E-state index is -0.221. The summed E-state index contributed by atoms with van der Waals surface area (Å²) in [5.74, 6) is 1.97. The number of pyridine rings is 1. The first kappa shape index (κ1) is 26.1. The van der Waals surface area contributed by atoms with Crippen LogP contribution in [0.2, 0.25) is 0 Å². The zero-order valence-corrected chi connectivity index (χ0v) is 21.8. The van der Waals surface area contributed by atoms with E-state index in [4.69, 9.17) is 18.9 Å². The van der Waals surface area contributed by atoms with Gasteiger partial charge in [0.2, 0.25) is 5.75 Å². The van der Waals surface area contributed by atoms with Crippen molar-refractivity contribution in [2.75, 3.05) is 66.1 Å². The average Bonchev–Trinajstić information content (AvgIpc) is 2.97. The van der Waals surface area contributed by atoms with E-state index in [-0.39, 0.29) is 11.9 Å². The molecule has 2 heterocycles. The van der Waals surface area contributed by atoms with E-state index in [1.807, 2.05) is 30.5 Å². The monoisotopic (exact) mass is 506 g/mol. The number of hydrogen-bond acceptors (Lipinski definition) is 8. The van der Waals surface area contributed by atoms with Gasteiger partial charge in [-0.25, -0.2) is 0 Å². The third kappa shape index (κ3) is 5.89. The molecule has 1 amide bonds. The van der Waals surface area contributed by atoms with E-state index in [0.29, 0.717) is 29.4 Å². The smallest absolute Gasteiger partial charge is 0.251 e. The normalized spacial score (nSPS) is 14.5. The predicted octanol–water partition coefficient (Wildman–Crippen LogP) is 3.41. The molecule has 1 atom stereocenters. The van der Waals surface area contributed by atoms with Crippen LogP contribution in [0.3, 0.4) is 0 Å². The fourth-order valence-corrected chi connectivity index (χ4v) is 4.70. The molecule has 37 heavy (non-hydrogen) atoms. The molecule has 3 aromatic rings. The van der Waals surface area contributed by atoms with Gasteiger partial charge in [-0.2, -0.15) is 0 Å². The molecule has 1 aliphatic rings. The second-order valence-electron chi connectivity index (χ2n) is 8.62. The largest absolute Gasteiger partial charge is 0.495 e. The van der Waals surface area contributed by atoms with Crippen molar-refractivity contribution in [1.82, 2.24) is 15.2 Å². The number of nitrogens with zero attached hydrogens (tertiary/aromatic N) is 3. The summed E-state index contributed by atoms with van der Waals surface area (Å²) in [7, 11) is 6.29. The molecule has 9 nitrogen and oxygen atoms in total. The molecule has 0 aliphatic carbocycles. The first-order chi connectivity index (χ1) is 18.1. The number of methoxy groups -OCH3 is 4. The average molecular weight is 507 g/mol. The molecule has 0 saturated carbocycles. The molecule has 1 unspecified atom stereocenters. The summed E-state index contributed by atoms with van der Waals surface area (Å²) in [6, 6.07) is 15.3. The zero-order chi connectivity index (χ0) is 26.2. The number of rotatable bonds is 10. The number of piperazine rings is 1. The second-order valence-corrected chi connectivity index (χ2v) is 8.62. The SMILES string of the molecule is COc1ccccc1N1CCN(C(CNC(=O)c2cc(OC)c(OC)c(OC)c2)c2cccnc2)CC1. The van der Waals surface area contributed by atoms with Gasteiger partial charge >= 0.3 is 0 Å². The van der Waals surface area contributed by atoms with Gasteiger partial charge in [-0.05, 0) is 35.9 Å². The Hall–Kier alpha value is -3.98. The Labute approximate surface area is 217 Å². The van der Waals surface area contributed by atoms with Gasteiger partial charge < -0.3 is 29.2 Å². The Kier molecular flexibility index (Phi) is 8.68. The Bertz CT molecular complexity index is 1160. The zero-order valence-electron chi connectivity index (χ0n) is 21.8. The maximum Gasteiger partial charge on any atom is 0.251 e. The van der Waals surface area contributed by atoms with Gasteiger partial charge in [0.1, 0.15) is 5.75 Å². The third-order valence-electron chi connectivity index (χ3n) is 6.63. The van der Waals surface area contributed by atoms with E-state index in [1.54, 1.807) is 25.4 Å². The molecule has 1 aliphatic heterocycles. The summed E-state index contributed by atoms with van der Waals surface area (Å²) in [5.41, 5.74) is 2.58. The van der Waals surface area contributed by atoms with Crippen LogP contribution in [0.4, 0.5) is 5.69 Å². The number of ether oxygens (including phenoxy) is 4. The quantitative estimate of drug-likeness (QED) is 0.448. The molecule has 1 N–H and O–H groups in total. The second kappa shape index (κ2) is 12.3. The summed E-state index contributed by atoms with van der Waals surface area (Å²) < 4.78 is 21.8. The van der Waals surface area contributed by atoms with Crippen LogP contribution < -0.4 is 29.2 Å². The molecule has 0 bridgehead atoms. The van der Waals surface area contributed by atoms with Gasteiger partial charge in [-0.1, -0.05) is 18.2 Å². The lowest BCUT2D eigenvalue weighted by atomic mass is 10.1. The van der Waals surface area contributed by atoms with Crippen LogP contribution in [0, 0.1) is 0 Å². The van der Waals surface area contributed by atoms with Crippen LogP contribution in [-0.2, 0) is 0 Å². The van der Waals surface area contributed by atoms with Crippen molar-refractivity contribution in [3.63, 3.8) is 0 Å². The van der Waals surface area contributed by atoms with Gasteiger partial charge in [-0.3, -0.25) is 14.7 Å². The number of nitrogens with one attached hydrogen (secondary N) is 1. The molecule has 0 spiro atoms. The molecule has 2 aromatic carbocycles.